The van der Waals surface area contributed by atoms with Crippen LogP contribution in [0, 0.1) is 11.8 Å². The lowest BCUT2D eigenvalue weighted by molar-refractivity contribution is -0.156. The summed E-state index contributed by atoms with van der Waals surface area (Å²) in [6, 6.07) is 27.0. The Morgan fingerprint density at radius 2 is 1.26 bits per heavy atom. The van der Waals surface area contributed by atoms with Gasteiger partial charge in [0.1, 0.15) is 18.1 Å². The summed E-state index contributed by atoms with van der Waals surface area (Å²) in [5.41, 5.74) is 2.79. The van der Waals surface area contributed by atoms with Gasteiger partial charge in [0.2, 0.25) is 23.6 Å². The lowest BCUT2D eigenvalue weighted by Gasteiger charge is -2.40. The molecule has 6 rings (SSSR count). The second kappa shape index (κ2) is 18.4. The molecule has 3 aliphatic heterocycles. The largest absolute Gasteiger partial charge is 0.467 e. The Labute approximate surface area is 316 Å². The Morgan fingerprint density at radius 3 is 1.83 bits per heavy atom. The summed E-state index contributed by atoms with van der Waals surface area (Å²) in [6.45, 7) is 0.600. The van der Waals surface area contributed by atoms with Crippen molar-refractivity contribution in [2.45, 2.75) is 87.7 Å². The fourth-order valence-electron chi connectivity index (χ4n) is 7.85. The second-order valence-electron chi connectivity index (χ2n) is 14.3. The molecular weight excluding hydrogens is 689 g/mol. The van der Waals surface area contributed by atoms with E-state index in [1.807, 2.05) is 91.0 Å². The standard InChI is InChI=1S/C42H50N4O6S/c1-52-42(51)36-20-11-21-37-46(36)41(50)35(24-26-53-37)44-39(48)32(28-30-15-7-3-8-16-30)23-22-31(27-29-13-5-2-6-14-29)38(47)43-34-19-12-25-45(40(34)49)33-17-9-4-10-18-33/h2-10,13-18,31-32,34-37H,11-12,19-28H2,1H3,(H,43,47)(H,44,48). The van der Waals surface area contributed by atoms with Gasteiger partial charge in [0.05, 0.1) is 12.5 Å². The molecule has 280 valence electrons. The number of fused-ring (bicyclic) bond motifs is 1. The number of hydrogen-bond donors (Lipinski definition) is 2. The highest BCUT2D eigenvalue weighted by Crippen LogP contribution is 2.35. The smallest absolute Gasteiger partial charge is 0.328 e. The summed E-state index contributed by atoms with van der Waals surface area (Å²) >= 11 is 1.65. The number of thioether (sulfide) groups is 1. The molecule has 0 aromatic heterocycles. The summed E-state index contributed by atoms with van der Waals surface area (Å²) in [6.07, 6.45) is 5.65. The molecule has 3 aromatic carbocycles. The van der Waals surface area contributed by atoms with Crippen molar-refractivity contribution in [2.24, 2.45) is 11.8 Å². The van der Waals surface area contributed by atoms with E-state index in [1.165, 1.54) is 7.11 Å². The van der Waals surface area contributed by atoms with Gasteiger partial charge in [-0.05, 0) is 93.2 Å². The second-order valence-corrected chi connectivity index (χ2v) is 15.6. The number of methoxy groups -OCH3 is 1. The number of ether oxygens (including phenoxy) is 1. The lowest BCUT2D eigenvalue weighted by atomic mass is 9.86. The van der Waals surface area contributed by atoms with Gasteiger partial charge in [0.25, 0.3) is 0 Å². The molecule has 0 saturated carbocycles. The number of amides is 4. The van der Waals surface area contributed by atoms with E-state index in [1.54, 1.807) is 21.6 Å². The minimum Gasteiger partial charge on any atom is -0.467 e. The average Bonchev–Trinajstić information content (AvgIpc) is 3.35. The van der Waals surface area contributed by atoms with E-state index >= 15 is 0 Å². The molecule has 0 bridgehead atoms. The molecular formula is C42H50N4O6S. The lowest BCUT2D eigenvalue weighted by Crippen LogP contribution is -2.57. The van der Waals surface area contributed by atoms with E-state index in [0.717, 1.165) is 36.1 Å². The summed E-state index contributed by atoms with van der Waals surface area (Å²) in [7, 11) is 1.34. The van der Waals surface area contributed by atoms with Crippen LogP contribution in [0.15, 0.2) is 91.0 Å². The molecule has 6 unspecified atom stereocenters. The van der Waals surface area contributed by atoms with Crippen molar-refractivity contribution < 1.29 is 28.7 Å². The molecule has 3 fully saturated rings. The Morgan fingerprint density at radius 1 is 0.717 bits per heavy atom. The van der Waals surface area contributed by atoms with Crippen LogP contribution in [0.4, 0.5) is 5.69 Å². The molecule has 11 heteroatoms. The Balaban J connectivity index is 1.19. The van der Waals surface area contributed by atoms with Gasteiger partial charge in [0, 0.05) is 24.1 Å². The number of carbonyl (C=O) groups is 5. The van der Waals surface area contributed by atoms with Gasteiger partial charge in [-0.15, -0.1) is 11.8 Å². The number of anilines is 1. The number of carbonyl (C=O) groups excluding carboxylic acids is 5. The first-order valence-electron chi connectivity index (χ1n) is 18.9. The SMILES string of the molecule is COC(=O)C1CCCC2SCCC(NC(=O)C(CCC(Cc3ccccc3)C(=O)NC3CCCN(c4ccccc4)C3=O)Cc3ccccc3)C(=O)N21. The fraction of sp³-hybridized carbons (Fsp3) is 0.452. The molecule has 0 aliphatic carbocycles. The number of nitrogens with zero attached hydrogens (tertiary/aromatic N) is 2. The molecule has 6 atom stereocenters. The Bertz CT molecular complexity index is 1710. The van der Waals surface area contributed by atoms with E-state index in [-0.39, 0.29) is 29.0 Å². The van der Waals surface area contributed by atoms with Crippen molar-refractivity contribution in [3.05, 3.63) is 102 Å². The minimum absolute atomic E-state index is 0.118. The van der Waals surface area contributed by atoms with Crippen molar-refractivity contribution in [1.82, 2.24) is 15.5 Å². The number of rotatable bonds is 13. The first kappa shape index (κ1) is 38.1. The Hall–Kier alpha value is -4.64. The van der Waals surface area contributed by atoms with E-state index < -0.39 is 35.9 Å². The molecule has 3 aliphatic rings. The number of hydrogen-bond acceptors (Lipinski definition) is 7. The van der Waals surface area contributed by atoms with Crippen LogP contribution in [-0.2, 0) is 41.6 Å². The van der Waals surface area contributed by atoms with Gasteiger partial charge in [-0.25, -0.2) is 4.79 Å². The highest BCUT2D eigenvalue weighted by molar-refractivity contribution is 7.99. The van der Waals surface area contributed by atoms with Crippen LogP contribution >= 0.6 is 11.8 Å². The zero-order valence-electron chi connectivity index (χ0n) is 30.4. The first-order chi connectivity index (χ1) is 25.8. The number of benzene rings is 3. The van der Waals surface area contributed by atoms with Gasteiger partial charge in [-0.3, -0.25) is 19.2 Å². The molecule has 53 heavy (non-hydrogen) atoms. The number of piperidine rings is 2. The highest BCUT2D eigenvalue weighted by atomic mass is 32.2. The first-order valence-corrected chi connectivity index (χ1v) is 19.9. The average molecular weight is 739 g/mol. The van der Waals surface area contributed by atoms with E-state index in [2.05, 4.69) is 10.6 Å². The molecule has 3 saturated heterocycles. The maximum absolute atomic E-state index is 14.2. The summed E-state index contributed by atoms with van der Waals surface area (Å²) in [5.74, 6) is -1.58. The van der Waals surface area contributed by atoms with Crippen molar-refractivity contribution in [2.75, 3.05) is 24.3 Å². The van der Waals surface area contributed by atoms with E-state index in [9.17, 15) is 24.0 Å². The van der Waals surface area contributed by atoms with Crippen LogP contribution < -0.4 is 15.5 Å². The van der Waals surface area contributed by atoms with Gasteiger partial charge in [0.15, 0.2) is 0 Å². The summed E-state index contributed by atoms with van der Waals surface area (Å²) in [4.78, 5) is 72.1. The van der Waals surface area contributed by atoms with Gasteiger partial charge in [-0.1, -0.05) is 78.9 Å². The van der Waals surface area contributed by atoms with Crippen LogP contribution in [0.25, 0.3) is 0 Å². The van der Waals surface area contributed by atoms with Crippen molar-refractivity contribution in [3.8, 4) is 0 Å². The molecule has 3 aromatic rings. The molecule has 2 N–H and O–H groups in total. The molecule has 0 radical (unpaired) electrons. The van der Waals surface area contributed by atoms with Crippen molar-refractivity contribution in [1.29, 1.82) is 0 Å². The maximum Gasteiger partial charge on any atom is 0.328 e. The van der Waals surface area contributed by atoms with Crippen LogP contribution in [-0.4, -0.2) is 77.4 Å². The summed E-state index contributed by atoms with van der Waals surface area (Å²) < 4.78 is 5.06. The third kappa shape index (κ3) is 9.67. The normalized spacial score (nSPS) is 22.9. The minimum atomic E-state index is -0.767. The van der Waals surface area contributed by atoms with Crippen LogP contribution in [0.3, 0.4) is 0 Å². The zero-order valence-corrected chi connectivity index (χ0v) is 31.2. The number of nitrogens with one attached hydrogen (secondary N) is 2. The molecule has 4 amide bonds. The van der Waals surface area contributed by atoms with E-state index in [0.29, 0.717) is 57.2 Å². The van der Waals surface area contributed by atoms with Crippen molar-refractivity contribution >= 4 is 47.0 Å². The van der Waals surface area contributed by atoms with Crippen molar-refractivity contribution in [3.63, 3.8) is 0 Å². The van der Waals surface area contributed by atoms with E-state index in [4.69, 9.17) is 4.74 Å². The van der Waals surface area contributed by atoms with Gasteiger partial charge >= 0.3 is 5.97 Å². The predicted molar refractivity (Wildman–Crippen MR) is 206 cm³/mol. The maximum atomic E-state index is 14.2. The van der Waals surface area contributed by atoms with Gasteiger partial charge < -0.3 is 25.2 Å². The fourth-order valence-corrected chi connectivity index (χ4v) is 9.24. The number of para-hydroxylation sites is 1. The predicted octanol–water partition coefficient (Wildman–Crippen LogP) is 5.30. The topological polar surface area (TPSA) is 125 Å². The highest BCUT2D eigenvalue weighted by Gasteiger charge is 2.44. The van der Waals surface area contributed by atoms with Crippen LogP contribution in [0.2, 0.25) is 0 Å². The van der Waals surface area contributed by atoms with Crippen LogP contribution in [0.5, 0.6) is 0 Å². The monoisotopic (exact) mass is 738 g/mol. The molecule has 3 heterocycles. The zero-order chi connectivity index (χ0) is 37.2. The molecule has 10 nitrogen and oxygen atoms in total. The molecule has 0 spiro atoms. The Kier molecular flexibility index (Phi) is 13.2. The third-order valence-corrected chi connectivity index (χ3v) is 12.0. The van der Waals surface area contributed by atoms with Crippen LogP contribution in [0.1, 0.15) is 62.5 Å². The third-order valence-electron chi connectivity index (χ3n) is 10.7. The summed E-state index contributed by atoms with van der Waals surface area (Å²) in [5, 5.41) is 6.05. The quantitative estimate of drug-likeness (QED) is 0.228. The number of esters is 1. The van der Waals surface area contributed by atoms with Gasteiger partial charge in [-0.2, -0.15) is 0 Å².